The molecule has 3 aromatic rings. The van der Waals surface area contributed by atoms with Gasteiger partial charge < -0.3 is 13.8 Å². The highest BCUT2D eigenvalue weighted by molar-refractivity contribution is 5.74. The zero-order valence-corrected chi connectivity index (χ0v) is 10.6. The maximum Gasteiger partial charge on any atom is 0.246 e. The van der Waals surface area contributed by atoms with Gasteiger partial charge in [0.05, 0.1) is 24.0 Å². The van der Waals surface area contributed by atoms with E-state index >= 15 is 0 Å². The van der Waals surface area contributed by atoms with Gasteiger partial charge in [-0.05, 0) is 12.1 Å². The molecule has 1 aromatic carbocycles. The lowest BCUT2D eigenvalue weighted by molar-refractivity contribution is 0.199. The Hall–Kier alpha value is -2.21. The molecule has 98 valence electrons. The van der Waals surface area contributed by atoms with Crippen LogP contribution in [-0.2, 0) is 17.7 Å². The van der Waals surface area contributed by atoms with Gasteiger partial charge in [-0.25, -0.2) is 4.98 Å². The van der Waals surface area contributed by atoms with E-state index < -0.39 is 0 Å². The second-order valence-corrected chi connectivity index (χ2v) is 4.21. The van der Waals surface area contributed by atoms with Crippen molar-refractivity contribution < 1.29 is 9.26 Å². The van der Waals surface area contributed by atoms with Crippen LogP contribution in [-0.4, -0.2) is 33.4 Å². The van der Waals surface area contributed by atoms with Crippen LogP contribution in [0.5, 0.6) is 0 Å². The molecule has 6 heteroatoms. The lowest BCUT2D eigenvalue weighted by atomic mass is 10.3. The number of nitrogens with zero attached hydrogens (tertiary/aromatic N) is 4. The number of hydrogen-bond donors (Lipinski definition) is 0. The molecule has 2 heterocycles. The van der Waals surface area contributed by atoms with Crippen LogP contribution in [0.25, 0.3) is 11.0 Å². The number of imidazole rings is 1. The average molecular weight is 258 g/mol. The van der Waals surface area contributed by atoms with Crippen LogP contribution in [0.15, 0.2) is 35.1 Å². The van der Waals surface area contributed by atoms with Crippen molar-refractivity contribution in [3.05, 3.63) is 42.3 Å². The Bertz CT molecular complexity index is 674. The molecule has 3 rings (SSSR count). The molecule has 0 radical (unpaired) electrons. The number of fused-ring (bicyclic) bond motifs is 1. The number of para-hydroxylation sites is 2. The van der Waals surface area contributed by atoms with E-state index in [0.29, 0.717) is 31.3 Å². The van der Waals surface area contributed by atoms with Crippen molar-refractivity contribution >= 4 is 11.0 Å². The van der Waals surface area contributed by atoms with Crippen LogP contribution in [0.3, 0.4) is 0 Å². The predicted molar refractivity (Wildman–Crippen MR) is 68.7 cm³/mol. The number of ether oxygens (including phenoxy) is 1. The van der Waals surface area contributed by atoms with E-state index in [0.717, 1.165) is 11.0 Å². The number of rotatable bonds is 5. The monoisotopic (exact) mass is 258 g/mol. The third-order valence-corrected chi connectivity index (χ3v) is 2.87. The fourth-order valence-electron chi connectivity index (χ4n) is 1.93. The van der Waals surface area contributed by atoms with E-state index in [4.69, 9.17) is 9.26 Å². The zero-order valence-electron chi connectivity index (χ0n) is 10.6. The van der Waals surface area contributed by atoms with Gasteiger partial charge in [-0.1, -0.05) is 17.3 Å². The number of hydrogen-bond acceptors (Lipinski definition) is 5. The van der Waals surface area contributed by atoms with Crippen molar-refractivity contribution in [1.29, 1.82) is 0 Å². The van der Waals surface area contributed by atoms with Crippen LogP contribution in [0, 0.1) is 0 Å². The Balaban J connectivity index is 1.79. The fourth-order valence-corrected chi connectivity index (χ4v) is 1.93. The third-order valence-electron chi connectivity index (χ3n) is 2.87. The molecule has 0 aliphatic heterocycles. The second kappa shape index (κ2) is 5.19. The summed E-state index contributed by atoms with van der Waals surface area (Å²) in [7, 11) is 1.65. The summed E-state index contributed by atoms with van der Waals surface area (Å²) in [4.78, 5) is 8.65. The summed E-state index contributed by atoms with van der Waals surface area (Å²) in [6.45, 7) is 1.12. The molecule has 0 N–H and O–H groups in total. The van der Waals surface area contributed by atoms with Gasteiger partial charge in [0, 0.05) is 13.5 Å². The minimum absolute atomic E-state index is 0.528. The van der Waals surface area contributed by atoms with Crippen molar-refractivity contribution in [2.45, 2.75) is 13.0 Å². The number of methoxy groups -OCH3 is 1. The molecular weight excluding hydrogens is 244 g/mol. The Kier molecular flexibility index (Phi) is 3.24. The summed E-state index contributed by atoms with van der Waals surface area (Å²) in [5.74, 6) is 1.25. The fraction of sp³-hybridized carbons (Fsp3) is 0.308. The average Bonchev–Trinajstić information content (AvgIpc) is 3.05. The van der Waals surface area contributed by atoms with Gasteiger partial charge in [-0.2, -0.15) is 4.98 Å². The molecule has 6 nitrogen and oxygen atoms in total. The van der Waals surface area contributed by atoms with Gasteiger partial charge in [-0.3, -0.25) is 0 Å². The lowest BCUT2D eigenvalue weighted by Gasteiger charge is -1.98. The van der Waals surface area contributed by atoms with E-state index in [2.05, 4.69) is 15.1 Å². The van der Waals surface area contributed by atoms with E-state index in [1.165, 1.54) is 0 Å². The summed E-state index contributed by atoms with van der Waals surface area (Å²) < 4.78 is 12.2. The van der Waals surface area contributed by atoms with Crippen molar-refractivity contribution in [3.63, 3.8) is 0 Å². The SMILES string of the molecule is COCCc1noc(Cn2cnc3ccccc32)n1. The summed E-state index contributed by atoms with van der Waals surface area (Å²) in [6, 6.07) is 7.95. The molecule has 0 spiro atoms. The molecular formula is C13H14N4O2. The Morgan fingerprint density at radius 3 is 3.11 bits per heavy atom. The molecule has 0 saturated carbocycles. The first-order valence-electron chi connectivity index (χ1n) is 6.07. The normalized spacial score (nSPS) is 11.2. The van der Waals surface area contributed by atoms with Gasteiger partial charge in [0.15, 0.2) is 5.82 Å². The highest BCUT2D eigenvalue weighted by Gasteiger charge is 2.08. The van der Waals surface area contributed by atoms with Crippen LogP contribution in [0.1, 0.15) is 11.7 Å². The zero-order chi connectivity index (χ0) is 13.1. The van der Waals surface area contributed by atoms with Crippen molar-refractivity contribution in [2.75, 3.05) is 13.7 Å². The first-order valence-corrected chi connectivity index (χ1v) is 6.07. The van der Waals surface area contributed by atoms with Crippen LogP contribution in [0.2, 0.25) is 0 Å². The molecule has 2 aromatic heterocycles. The second-order valence-electron chi connectivity index (χ2n) is 4.21. The quantitative estimate of drug-likeness (QED) is 0.696. The van der Waals surface area contributed by atoms with Crippen molar-refractivity contribution in [3.8, 4) is 0 Å². The smallest absolute Gasteiger partial charge is 0.246 e. The van der Waals surface area contributed by atoms with E-state index in [-0.39, 0.29) is 0 Å². The van der Waals surface area contributed by atoms with Crippen LogP contribution < -0.4 is 0 Å². The van der Waals surface area contributed by atoms with E-state index in [1.807, 2.05) is 28.8 Å². The van der Waals surface area contributed by atoms with Gasteiger partial charge in [-0.15, -0.1) is 0 Å². The van der Waals surface area contributed by atoms with Gasteiger partial charge >= 0.3 is 0 Å². The Morgan fingerprint density at radius 1 is 1.32 bits per heavy atom. The van der Waals surface area contributed by atoms with Gasteiger partial charge in [0.25, 0.3) is 0 Å². The van der Waals surface area contributed by atoms with Crippen molar-refractivity contribution in [2.24, 2.45) is 0 Å². The number of benzene rings is 1. The molecule has 0 fully saturated rings. The Morgan fingerprint density at radius 2 is 2.21 bits per heavy atom. The largest absolute Gasteiger partial charge is 0.384 e. The van der Waals surface area contributed by atoms with Crippen LogP contribution >= 0.6 is 0 Å². The summed E-state index contributed by atoms with van der Waals surface area (Å²) in [6.07, 6.45) is 2.44. The molecule has 0 saturated heterocycles. The summed E-state index contributed by atoms with van der Waals surface area (Å²) in [5.41, 5.74) is 2.01. The third kappa shape index (κ3) is 2.48. The molecule has 0 bridgehead atoms. The summed E-state index contributed by atoms with van der Waals surface area (Å²) in [5, 5.41) is 3.91. The maximum atomic E-state index is 5.22. The summed E-state index contributed by atoms with van der Waals surface area (Å²) >= 11 is 0. The minimum atomic E-state index is 0.528. The van der Waals surface area contributed by atoms with E-state index in [1.54, 1.807) is 13.4 Å². The first-order chi connectivity index (χ1) is 9.36. The molecule has 0 unspecified atom stereocenters. The predicted octanol–water partition coefficient (Wildman–Crippen LogP) is 1.66. The highest BCUT2D eigenvalue weighted by Crippen LogP contribution is 2.13. The molecule has 0 amide bonds. The lowest BCUT2D eigenvalue weighted by Crippen LogP contribution is -2.00. The molecule has 0 atom stereocenters. The first kappa shape index (κ1) is 11.9. The highest BCUT2D eigenvalue weighted by atomic mass is 16.5. The minimum Gasteiger partial charge on any atom is -0.384 e. The maximum absolute atomic E-state index is 5.22. The molecule has 19 heavy (non-hydrogen) atoms. The molecule has 0 aliphatic carbocycles. The van der Waals surface area contributed by atoms with Gasteiger partial charge in [0.2, 0.25) is 5.89 Å². The topological polar surface area (TPSA) is 66.0 Å². The molecule has 0 aliphatic rings. The number of aromatic nitrogens is 4. The van der Waals surface area contributed by atoms with Crippen molar-refractivity contribution in [1.82, 2.24) is 19.7 Å². The standard InChI is InChI=1S/C13H14N4O2/c1-18-7-6-12-15-13(19-16-12)8-17-9-14-10-4-2-3-5-11(10)17/h2-5,9H,6-8H2,1H3. The Labute approximate surface area is 110 Å². The van der Waals surface area contributed by atoms with Crippen LogP contribution in [0.4, 0.5) is 0 Å². The van der Waals surface area contributed by atoms with Gasteiger partial charge in [0.1, 0.15) is 6.54 Å². The van der Waals surface area contributed by atoms with E-state index in [9.17, 15) is 0 Å².